The molecule has 1 amide bonds. The molecule has 1 N–H and O–H groups in total. The van der Waals surface area contributed by atoms with Gasteiger partial charge in [0.15, 0.2) is 0 Å². The van der Waals surface area contributed by atoms with Crippen LogP contribution in [0, 0.1) is 6.92 Å². The first kappa shape index (κ1) is 16.9. The van der Waals surface area contributed by atoms with Crippen molar-refractivity contribution in [3.63, 3.8) is 0 Å². The summed E-state index contributed by atoms with van der Waals surface area (Å²) in [4.78, 5) is 16.6. The number of hydrogen-bond donors (Lipinski definition) is 1. The lowest BCUT2D eigenvalue weighted by Crippen LogP contribution is -2.49. The van der Waals surface area contributed by atoms with Crippen molar-refractivity contribution < 1.29 is 17.9 Å². The van der Waals surface area contributed by atoms with E-state index in [0.29, 0.717) is 24.5 Å². The van der Waals surface area contributed by atoms with Crippen LogP contribution in [0.3, 0.4) is 0 Å². The monoisotopic (exact) mass is 352 g/mol. The molecule has 0 aliphatic carbocycles. The Bertz CT molecular complexity index is 861. The van der Waals surface area contributed by atoms with Crippen molar-refractivity contribution in [3.05, 3.63) is 35.8 Å². The molecular weight excluding hydrogens is 332 g/mol. The van der Waals surface area contributed by atoms with E-state index in [1.165, 1.54) is 10.6 Å². The molecule has 1 unspecified atom stereocenters. The number of aromatic nitrogens is 2. The van der Waals surface area contributed by atoms with Crippen molar-refractivity contribution in [1.82, 2.24) is 19.0 Å². The van der Waals surface area contributed by atoms with Crippen LogP contribution >= 0.6 is 0 Å². The number of nitrogens with one attached hydrogen (secondary N) is 1. The van der Waals surface area contributed by atoms with E-state index in [1.54, 1.807) is 6.20 Å². The summed E-state index contributed by atoms with van der Waals surface area (Å²) < 4.78 is 31.9. The molecule has 2 aromatic rings. The molecule has 3 rings (SSSR count). The average Bonchev–Trinajstić information content (AvgIpc) is 2.98. The Balaban J connectivity index is 1.63. The normalized spacial score (nSPS) is 19.5. The van der Waals surface area contributed by atoms with Crippen molar-refractivity contribution >= 4 is 21.6 Å². The van der Waals surface area contributed by atoms with Gasteiger partial charge in [-0.1, -0.05) is 6.07 Å². The first-order chi connectivity index (χ1) is 11.3. The van der Waals surface area contributed by atoms with Gasteiger partial charge < -0.3 is 14.5 Å². The standard InChI is InChI=1S/C15H20N4O4S/c1-11-4-3-5-14-17-13(10-19(11)14)15(20)16-8-12-9-18(6-7-23-12)24(2,21)22/h3-5,10,12H,6-9H2,1-2H3,(H,16,20). The maximum absolute atomic E-state index is 12.3. The lowest BCUT2D eigenvalue weighted by atomic mass is 10.3. The summed E-state index contributed by atoms with van der Waals surface area (Å²) in [6, 6.07) is 5.65. The van der Waals surface area contributed by atoms with Gasteiger partial charge in [0.2, 0.25) is 10.0 Å². The number of sulfonamides is 1. The number of ether oxygens (including phenoxy) is 1. The Kier molecular flexibility index (Phi) is 4.57. The predicted octanol–water partition coefficient (Wildman–Crippen LogP) is 0.0329. The van der Waals surface area contributed by atoms with Crippen LogP contribution in [0.25, 0.3) is 5.65 Å². The summed E-state index contributed by atoms with van der Waals surface area (Å²) in [6.07, 6.45) is 2.49. The summed E-state index contributed by atoms with van der Waals surface area (Å²) in [6.45, 7) is 3.07. The third-order valence-electron chi connectivity index (χ3n) is 3.99. The minimum Gasteiger partial charge on any atom is -0.374 e. The number of pyridine rings is 1. The second-order valence-corrected chi connectivity index (χ2v) is 7.83. The Hall–Kier alpha value is -1.97. The van der Waals surface area contributed by atoms with Crippen LogP contribution in [0.1, 0.15) is 16.2 Å². The highest BCUT2D eigenvalue weighted by Gasteiger charge is 2.27. The Morgan fingerprint density at radius 2 is 2.25 bits per heavy atom. The number of fused-ring (bicyclic) bond motifs is 1. The Morgan fingerprint density at radius 1 is 1.46 bits per heavy atom. The zero-order valence-corrected chi connectivity index (χ0v) is 14.4. The van der Waals surface area contributed by atoms with Gasteiger partial charge in [0.1, 0.15) is 11.3 Å². The van der Waals surface area contributed by atoms with Crippen LogP contribution in [0.5, 0.6) is 0 Å². The maximum atomic E-state index is 12.3. The largest absolute Gasteiger partial charge is 0.374 e. The van der Waals surface area contributed by atoms with Gasteiger partial charge in [-0.25, -0.2) is 13.4 Å². The smallest absolute Gasteiger partial charge is 0.271 e. The quantitative estimate of drug-likeness (QED) is 0.838. The van der Waals surface area contributed by atoms with Crippen molar-refractivity contribution in [2.24, 2.45) is 0 Å². The molecule has 2 aromatic heterocycles. The maximum Gasteiger partial charge on any atom is 0.271 e. The third kappa shape index (κ3) is 3.58. The van der Waals surface area contributed by atoms with Gasteiger partial charge in [-0.3, -0.25) is 4.79 Å². The van der Waals surface area contributed by atoms with E-state index >= 15 is 0 Å². The van der Waals surface area contributed by atoms with E-state index in [-0.39, 0.29) is 25.1 Å². The van der Waals surface area contributed by atoms with Crippen molar-refractivity contribution in [2.45, 2.75) is 13.0 Å². The van der Waals surface area contributed by atoms with Gasteiger partial charge in [0.05, 0.1) is 19.0 Å². The highest BCUT2D eigenvalue weighted by atomic mass is 32.2. The molecule has 130 valence electrons. The fourth-order valence-corrected chi connectivity index (χ4v) is 3.52. The number of rotatable bonds is 4. The molecule has 0 spiro atoms. The zero-order valence-electron chi connectivity index (χ0n) is 13.6. The number of imidazole rings is 1. The highest BCUT2D eigenvalue weighted by Crippen LogP contribution is 2.10. The van der Waals surface area contributed by atoms with Crippen molar-refractivity contribution in [1.29, 1.82) is 0 Å². The molecule has 1 aliphatic heterocycles. The zero-order chi connectivity index (χ0) is 17.3. The van der Waals surface area contributed by atoms with Gasteiger partial charge in [-0.05, 0) is 19.1 Å². The molecule has 1 saturated heterocycles. The predicted molar refractivity (Wildman–Crippen MR) is 88.4 cm³/mol. The van der Waals surface area contributed by atoms with Crippen LogP contribution in [-0.2, 0) is 14.8 Å². The summed E-state index contributed by atoms with van der Waals surface area (Å²) in [7, 11) is -3.25. The van der Waals surface area contributed by atoms with E-state index in [0.717, 1.165) is 5.69 Å². The molecule has 8 nitrogen and oxygen atoms in total. The lowest BCUT2D eigenvalue weighted by Gasteiger charge is -2.31. The van der Waals surface area contributed by atoms with E-state index in [1.807, 2.05) is 29.5 Å². The van der Waals surface area contributed by atoms with E-state index in [2.05, 4.69) is 10.3 Å². The van der Waals surface area contributed by atoms with Gasteiger partial charge in [-0.15, -0.1) is 0 Å². The number of carbonyl (C=O) groups is 1. The number of hydrogen-bond acceptors (Lipinski definition) is 5. The van der Waals surface area contributed by atoms with Crippen LogP contribution in [-0.4, -0.2) is 66.6 Å². The first-order valence-corrected chi connectivity index (χ1v) is 9.49. The number of carbonyl (C=O) groups excluding carboxylic acids is 1. The molecule has 24 heavy (non-hydrogen) atoms. The van der Waals surface area contributed by atoms with Crippen molar-refractivity contribution in [3.8, 4) is 0 Å². The molecule has 0 aromatic carbocycles. The van der Waals surface area contributed by atoms with Gasteiger partial charge >= 0.3 is 0 Å². The highest BCUT2D eigenvalue weighted by molar-refractivity contribution is 7.88. The fourth-order valence-electron chi connectivity index (χ4n) is 2.67. The minimum absolute atomic E-state index is 0.234. The molecule has 1 fully saturated rings. The SMILES string of the molecule is Cc1cccc2nc(C(=O)NCC3CN(S(C)(=O)=O)CCO3)cn12. The van der Waals surface area contributed by atoms with Crippen LogP contribution < -0.4 is 5.32 Å². The average molecular weight is 352 g/mol. The Labute approximate surface area is 140 Å². The minimum atomic E-state index is -3.25. The van der Waals surface area contributed by atoms with Gasteiger partial charge in [0, 0.05) is 31.5 Å². The topological polar surface area (TPSA) is 93.0 Å². The molecule has 0 bridgehead atoms. The van der Waals surface area contributed by atoms with Gasteiger partial charge in [0.25, 0.3) is 5.91 Å². The third-order valence-corrected chi connectivity index (χ3v) is 5.26. The number of aryl methyl sites for hydroxylation is 1. The van der Waals surface area contributed by atoms with Crippen LogP contribution in [0.4, 0.5) is 0 Å². The van der Waals surface area contributed by atoms with E-state index in [4.69, 9.17) is 4.74 Å². The van der Waals surface area contributed by atoms with Crippen LogP contribution in [0.15, 0.2) is 24.4 Å². The van der Waals surface area contributed by atoms with Crippen molar-refractivity contribution in [2.75, 3.05) is 32.5 Å². The summed E-state index contributed by atoms with van der Waals surface area (Å²) >= 11 is 0. The summed E-state index contributed by atoms with van der Waals surface area (Å²) in [5.74, 6) is -0.307. The lowest BCUT2D eigenvalue weighted by molar-refractivity contribution is 0.000415. The van der Waals surface area contributed by atoms with E-state index in [9.17, 15) is 13.2 Å². The summed E-state index contributed by atoms with van der Waals surface area (Å²) in [5.41, 5.74) is 2.01. The summed E-state index contributed by atoms with van der Waals surface area (Å²) in [5, 5.41) is 2.76. The first-order valence-electron chi connectivity index (χ1n) is 7.64. The molecule has 9 heteroatoms. The second kappa shape index (κ2) is 6.50. The van der Waals surface area contributed by atoms with Crippen LogP contribution in [0.2, 0.25) is 0 Å². The molecule has 1 aliphatic rings. The molecule has 0 saturated carbocycles. The number of morpholine rings is 1. The second-order valence-electron chi connectivity index (χ2n) is 5.85. The molecular formula is C15H20N4O4S. The molecule has 0 radical (unpaired) electrons. The Morgan fingerprint density at radius 3 is 2.96 bits per heavy atom. The number of amides is 1. The van der Waals surface area contributed by atoms with Gasteiger partial charge in [-0.2, -0.15) is 4.31 Å². The molecule has 1 atom stereocenters. The molecule has 3 heterocycles. The van der Waals surface area contributed by atoms with E-state index < -0.39 is 10.0 Å². The fraction of sp³-hybridized carbons (Fsp3) is 0.467. The number of nitrogens with zero attached hydrogens (tertiary/aromatic N) is 3.